The van der Waals surface area contributed by atoms with Gasteiger partial charge in [0.1, 0.15) is 17.2 Å². The quantitative estimate of drug-likeness (QED) is 0.530. The predicted octanol–water partition coefficient (Wildman–Crippen LogP) is 4.04. The molecule has 7 heteroatoms. The summed E-state index contributed by atoms with van der Waals surface area (Å²) in [5.41, 5.74) is 4.82. The maximum absolute atomic E-state index is 15.4. The minimum atomic E-state index is -0.258. The number of hydrogen-bond acceptors (Lipinski definition) is 4. The topological polar surface area (TPSA) is 51.8 Å². The van der Waals surface area contributed by atoms with Crippen LogP contribution in [0.1, 0.15) is 30.0 Å². The van der Waals surface area contributed by atoms with Crippen molar-refractivity contribution in [1.82, 2.24) is 29.4 Å². The van der Waals surface area contributed by atoms with Crippen molar-refractivity contribution < 1.29 is 4.39 Å². The van der Waals surface area contributed by atoms with Crippen LogP contribution in [0, 0.1) is 12.7 Å². The Labute approximate surface area is 168 Å². The molecule has 5 rings (SSSR count). The number of hydrogen-bond donors (Lipinski definition) is 0. The molecule has 6 nitrogen and oxygen atoms in total. The molecule has 148 valence electrons. The summed E-state index contributed by atoms with van der Waals surface area (Å²) in [6.07, 6.45) is 9.36. The summed E-state index contributed by atoms with van der Waals surface area (Å²) in [5.74, 6) is -0.258. The molecule has 1 aliphatic heterocycles. The Hall–Kier alpha value is -3.06. The van der Waals surface area contributed by atoms with Crippen LogP contribution in [0.25, 0.3) is 27.8 Å². The summed E-state index contributed by atoms with van der Waals surface area (Å²) in [5, 5.41) is 9.96. The Balaban J connectivity index is 1.68. The molecule has 1 atom stereocenters. The third-order valence-electron chi connectivity index (χ3n) is 5.85. The Morgan fingerprint density at radius 3 is 2.72 bits per heavy atom. The third-order valence-corrected chi connectivity index (χ3v) is 5.85. The Bertz CT molecular complexity index is 1180. The fraction of sp³-hybridized carbons (Fsp3) is 0.318. The molecule has 1 aliphatic rings. The highest BCUT2D eigenvalue weighted by Gasteiger charge is 2.25. The second kappa shape index (κ2) is 6.77. The summed E-state index contributed by atoms with van der Waals surface area (Å²) < 4.78 is 18.8. The van der Waals surface area contributed by atoms with Gasteiger partial charge < -0.3 is 0 Å². The lowest BCUT2D eigenvalue weighted by molar-refractivity contribution is 0.316. The zero-order valence-corrected chi connectivity index (χ0v) is 16.8. The van der Waals surface area contributed by atoms with E-state index in [2.05, 4.69) is 28.1 Å². The first-order chi connectivity index (χ1) is 14.0. The highest BCUT2D eigenvalue weighted by molar-refractivity contribution is 5.93. The predicted molar refractivity (Wildman–Crippen MR) is 110 cm³/mol. The van der Waals surface area contributed by atoms with Gasteiger partial charge >= 0.3 is 0 Å². The zero-order valence-electron chi connectivity index (χ0n) is 16.8. The van der Waals surface area contributed by atoms with Crippen LogP contribution in [0.15, 0.2) is 43.0 Å². The van der Waals surface area contributed by atoms with Gasteiger partial charge in [0.25, 0.3) is 0 Å². The van der Waals surface area contributed by atoms with E-state index in [4.69, 9.17) is 5.10 Å². The first kappa shape index (κ1) is 18.0. The first-order valence-corrected chi connectivity index (χ1v) is 9.85. The van der Waals surface area contributed by atoms with E-state index in [0.717, 1.165) is 52.7 Å². The summed E-state index contributed by atoms with van der Waals surface area (Å²) in [7, 11) is 3.97. The van der Waals surface area contributed by atoms with Crippen LogP contribution in [0.2, 0.25) is 0 Å². The van der Waals surface area contributed by atoms with Crippen LogP contribution < -0.4 is 0 Å². The molecular weight excluding hydrogens is 367 g/mol. The smallest absolute Gasteiger partial charge is 0.149 e. The Kier molecular flexibility index (Phi) is 4.20. The van der Waals surface area contributed by atoms with Crippen molar-refractivity contribution in [2.45, 2.75) is 25.8 Å². The van der Waals surface area contributed by atoms with Gasteiger partial charge in [0.05, 0.1) is 17.9 Å². The van der Waals surface area contributed by atoms with E-state index in [1.54, 1.807) is 34.0 Å². The number of aryl methyl sites for hydroxylation is 2. The van der Waals surface area contributed by atoms with Crippen molar-refractivity contribution in [3.63, 3.8) is 0 Å². The van der Waals surface area contributed by atoms with Crippen molar-refractivity contribution >= 4 is 10.9 Å². The van der Waals surface area contributed by atoms with Gasteiger partial charge in [-0.3, -0.25) is 14.6 Å². The molecule has 0 aliphatic carbocycles. The van der Waals surface area contributed by atoms with Crippen LogP contribution in [-0.2, 0) is 7.05 Å². The maximum atomic E-state index is 15.4. The van der Waals surface area contributed by atoms with Gasteiger partial charge in [-0.15, -0.1) is 0 Å². The van der Waals surface area contributed by atoms with E-state index in [1.165, 1.54) is 0 Å². The molecule has 1 fully saturated rings. The van der Waals surface area contributed by atoms with Crippen LogP contribution in [0.3, 0.4) is 0 Å². The Morgan fingerprint density at radius 2 is 2.03 bits per heavy atom. The van der Waals surface area contributed by atoms with E-state index in [9.17, 15) is 0 Å². The molecule has 1 unspecified atom stereocenters. The average Bonchev–Trinajstić information content (AvgIpc) is 3.40. The lowest BCUT2D eigenvalue weighted by atomic mass is 10.0. The standard InChI is InChI=1S/C22H23FN6/c1-14-9-15(19-5-4-8-27(19)2)10-18(23)22(14)29-20-12-24-7-6-17(20)21(26-29)16-11-25-28(3)13-16/h6-7,9-13,19H,4-5,8H2,1-3H3. The maximum Gasteiger partial charge on any atom is 0.149 e. The van der Waals surface area contributed by atoms with E-state index in [1.807, 2.05) is 26.2 Å². The first-order valence-electron chi connectivity index (χ1n) is 9.85. The number of likely N-dealkylation sites (tertiary alicyclic amines) is 1. The average molecular weight is 390 g/mol. The van der Waals surface area contributed by atoms with Gasteiger partial charge in [0.2, 0.25) is 0 Å². The molecule has 0 saturated carbocycles. The summed E-state index contributed by atoms with van der Waals surface area (Å²) in [4.78, 5) is 6.54. The van der Waals surface area contributed by atoms with E-state index < -0.39 is 0 Å². The van der Waals surface area contributed by atoms with Gasteiger partial charge in [-0.05, 0) is 56.6 Å². The number of rotatable bonds is 3. The highest BCUT2D eigenvalue weighted by Crippen LogP contribution is 2.35. The Morgan fingerprint density at radius 1 is 1.17 bits per heavy atom. The van der Waals surface area contributed by atoms with Crippen molar-refractivity contribution in [3.05, 3.63) is 59.9 Å². The van der Waals surface area contributed by atoms with Crippen molar-refractivity contribution in [2.24, 2.45) is 7.05 Å². The minimum absolute atomic E-state index is 0.258. The van der Waals surface area contributed by atoms with E-state index >= 15 is 4.39 Å². The van der Waals surface area contributed by atoms with Crippen molar-refractivity contribution in [1.29, 1.82) is 0 Å². The van der Waals surface area contributed by atoms with Crippen molar-refractivity contribution in [3.8, 4) is 16.9 Å². The highest BCUT2D eigenvalue weighted by atomic mass is 19.1. The molecule has 0 bridgehead atoms. The number of fused-ring (bicyclic) bond motifs is 1. The van der Waals surface area contributed by atoms with Gasteiger partial charge in [-0.2, -0.15) is 10.2 Å². The minimum Gasteiger partial charge on any atom is -0.299 e. The van der Waals surface area contributed by atoms with Crippen LogP contribution >= 0.6 is 0 Å². The summed E-state index contributed by atoms with van der Waals surface area (Å²) in [6, 6.07) is 5.95. The monoisotopic (exact) mass is 390 g/mol. The SMILES string of the molecule is Cc1cc(C2CCCN2C)cc(F)c1-n1nc(-c2cnn(C)c2)c2ccncc21. The summed E-state index contributed by atoms with van der Waals surface area (Å²) >= 11 is 0. The van der Waals surface area contributed by atoms with Crippen LogP contribution in [0.4, 0.5) is 4.39 Å². The fourth-order valence-corrected chi connectivity index (χ4v) is 4.45. The molecule has 29 heavy (non-hydrogen) atoms. The van der Waals surface area contributed by atoms with Crippen LogP contribution in [0.5, 0.6) is 0 Å². The normalized spacial score (nSPS) is 17.4. The lowest BCUT2D eigenvalue weighted by Gasteiger charge is -2.21. The largest absolute Gasteiger partial charge is 0.299 e. The van der Waals surface area contributed by atoms with Crippen molar-refractivity contribution in [2.75, 3.05) is 13.6 Å². The van der Waals surface area contributed by atoms with Gasteiger partial charge in [-0.1, -0.05) is 6.07 Å². The van der Waals surface area contributed by atoms with E-state index in [-0.39, 0.29) is 11.9 Å². The lowest BCUT2D eigenvalue weighted by Crippen LogP contribution is -2.18. The fourth-order valence-electron chi connectivity index (χ4n) is 4.45. The van der Waals surface area contributed by atoms with E-state index in [0.29, 0.717) is 5.69 Å². The second-order valence-electron chi connectivity index (χ2n) is 7.86. The molecule has 0 radical (unpaired) electrons. The molecular formula is C22H23FN6. The number of nitrogens with zero attached hydrogens (tertiary/aromatic N) is 6. The molecule has 1 aromatic carbocycles. The molecule has 4 heterocycles. The molecule has 3 aromatic heterocycles. The molecule has 4 aromatic rings. The molecule has 0 spiro atoms. The molecule has 0 N–H and O–H groups in total. The number of benzene rings is 1. The second-order valence-corrected chi connectivity index (χ2v) is 7.86. The van der Waals surface area contributed by atoms with Gasteiger partial charge in [-0.25, -0.2) is 9.07 Å². The number of halogens is 1. The number of aromatic nitrogens is 5. The molecule has 0 amide bonds. The summed E-state index contributed by atoms with van der Waals surface area (Å²) in [6.45, 7) is 3.00. The van der Waals surface area contributed by atoms with Crippen LogP contribution in [-0.4, -0.2) is 43.0 Å². The molecule has 1 saturated heterocycles. The number of pyridine rings is 1. The third kappa shape index (κ3) is 2.93. The van der Waals surface area contributed by atoms with Gasteiger partial charge in [0.15, 0.2) is 0 Å². The zero-order chi connectivity index (χ0) is 20.1. The van der Waals surface area contributed by atoms with Gasteiger partial charge in [0, 0.05) is 36.4 Å².